The molecule has 1 unspecified atom stereocenters. The van der Waals surface area contributed by atoms with E-state index in [2.05, 4.69) is 18.3 Å². The maximum atomic E-state index is 5.75. The number of hydrogen-bond acceptors (Lipinski definition) is 4. The average molecular weight is 291 g/mol. The van der Waals surface area contributed by atoms with Gasteiger partial charge in [0, 0.05) is 37.8 Å². The van der Waals surface area contributed by atoms with Gasteiger partial charge >= 0.3 is 0 Å². The first-order chi connectivity index (χ1) is 10.2. The van der Waals surface area contributed by atoms with Crippen LogP contribution in [0.1, 0.15) is 37.8 Å². The molecule has 1 fully saturated rings. The molecule has 0 amide bonds. The van der Waals surface area contributed by atoms with Gasteiger partial charge in [-0.15, -0.1) is 0 Å². The third-order valence-corrected chi connectivity index (χ3v) is 4.73. The fourth-order valence-corrected chi connectivity index (χ4v) is 3.12. The number of ether oxygens (including phenoxy) is 3. The van der Waals surface area contributed by atoms with Crippen LogP contribution >= 0.6 is 0 Å². The maximum Gasteiger partial charge on any atom is 0.124 e. The molecule has 0 bridgehead atoms. The summed E-state index contributed by atoms with van der Waals surface area (Å²) in [6.07, 6.45) is 3.27. The number of benzene rings is 1. The van der Waals surface area contributed by atoms with Gasteiger partial charge in [0.25, 0.3) is 0 Å². The van der Waals surface area contributed by atoms with Crippen LogP contribution in [0.25, 0.3) is 0 Å². The van der Waals surface area contributed by atoms with Crippen molar-refractivity contribution in [1.29, 1.82) is 0 Å². The van der Waals surface area contributed by atoms with E-state index < -0.39 is 0 Å². The lowest BCUT2D eigenvalue weighted by Crippen LogP contribution is -2.39. The van der Waals surface area contributed by atoms with E-state index in [0.717, 1.165) is 57.1 Å². The van der Waals surface area contributed by atoms with Crippen LogP contribution < -0.4 is 14.8 Å². The summed E-state index contributed by atoms with van der Waals surface area (Å²) in [5, 5.41) is 3.75. The zero-order valence-corrected chi connectivity index (χ0v) is 13.0. The molecular formula is C17H25NO3. The highest BCUT2D eigenvalue weighted by atomic mass is 16.5. The Morgan fingerprint density at radius 2 is 2.10 bits per heavy atom. The lowest BCUT2D eigenvalue weighted by molar-refractivity contribution is 0.0222. The second-order valence-corrected chi connectivity index (χ2v) is 6.40. The van der Waals surface area contributed by atoms with Crippen molar-refractivity contribution < 1.29 is 14.2 Å². The molecule has 2 aliphatic heterocycles. The van der Waals surface area contributed by atoms with Gasteiger partial charge in [-0.25, -0.2) is 0 Å². The summed E-state index contributed by atoms with van der Waals surface area (Å²) in [6.45, 7) is 5.93. The first kappa shape index (κ1) is 14.7. The van der Waals surface area contributed by atoms with Crippen molar-refractivity contribution in [2.24, 2.45) is 5.41 Å². The molecule has 1 atom stereocenters. The zero-order valence-electron chi connectivity index (χ0n) is 13.0. The van der Waals surface area contributed by atoms with Crippen molar-refractivity contribution in [2.75, 3.05) is 33.5 Å². The number of nitrogens with one attached hydrogen (secondary N) is 1. The van der Waals surface area contributed by atoms with E-state index in [1.807, 2.05) is 12.1 Å². The Kier molecular flexibility index (Phi) is 4.36. The Hall–Kier alpha value is -1.26. The summed E-state index contributed by atoms with van der Waals surface area (Å²) >= 11 is 0. The van der Waals surface area contributed by atoms with Crippen LogP contribution in [0.5, 0.6) is 11.5 Å². The first-order valence-corrected chi connectivity index (χ1v) is 7.82. The van der Waals surface area contributed by atoms with E-state index >= 15 is 0 Å². The van der Waals surface area contributed by atoms with Gasteiger partial charge in [-0.2, -0.15) is 0 Å². The quantitative estimate of drug-likeness (QED) is 0.926. The smallest absolute Gasteiger partial charge is 0.124 e. The molecule has 1 saturated heterocycles. The second-order valence-electron chi connectivity index (χ2n) is 6.40. The van der Waals surface area contributed by atoms with E-state index in [-0.39, 0.29) is 0 Å². The van der Waals surface area contributed by atoms with Crippen molar-refractivity contribution >= 4 is 0 Å². The van der Waals surface area contributed by atoms with Gasteiger partial charge < -0.3 is 19.5 Å². The number of rotatable bonds is 4. The van der Waals surface area contributed by atoms with Crippen LogP contribution in [0.2, 0.25) is 0 Å². The van der Waals surface area contributed by atoms with Crippen molar-refractivity contribution in [1.82, 2.24) is 5.32 Å². The number of hydrogen-bond donors (Lipinski definition) is 1. The standard InChI is InChI=1S/C17H25NO3/c1-17(6-9-20-10-7-17)12-18-15-5-8-21-16-4-3-13(19-2)11-14(15)16/h3-4,11,15,18H,5-10,12H2,1-2H3. The van der Waals surface area contributed by atoms with Gasteiger partial charge in [0.15, 0.2) is 0 Å². The third-order valence-electron chi connectivity index (χ3n) is 4.73. The minimum absolute atomic E-state index is 0.343. The normalized spacial score (nSPS) is 24.0. The Morgan fingerprint density at radius 3 is 2.86 bits per heavy atom. The van der Waals surface area contributed by atoms with Crippen molar-refractivity contribution in [3.63, 3.8) is 0 Å². The molecular weight excluding hydrogens is 266 g/mol. The molecule has 4 nitrogen and oxygen atoms in total. The first-order valence-electron chi connectivity index (χ1n) is 7.82. The number of fused-ring (bicyclic) bond motifs is 1. The molecule has 2 heterocycles. The van der Waals surface area contributed by atoms with Crippen LogP contribution in [-0.4, -0.2) is 33.5 Å². The van der Waals surface area contributed by atoms with Crippen molar-refractivity contribution in [3.05, 3.63) is 23.8 Å². The molecule has 0 saturated carbocycles. The second kappa shape index (κ2) is 6.24. The lowest BCUT2D eigenvalue weighted by Gasteiger charge is -2.36. The lowest BCUT2D eigenvalue weighted by atomic mass is 9.82. The predicted molar refractivity (Wildman–Crippen MR) is 82.0 cm³/mol. The molecule has 3 rings (SSSR count). The molecule has 4 heteroatoms. The molecule has 21 heavy (non-hydrogen) atoms. The van der Waals surface area contributed by atoms with E-state index in [4.69, 9.17) is 14.2 Å². The highest BCUT2D eigenvalue weighted by Gasteiger charge is 2.29. The fraction of sp³-hybridized carbons (Fsp3) is 0.647. The van der Waals surface area contributed by atoms with Gasteiger partial charge in [0.1, 0.15) is 11.5 Å². The fourth-order valence-electron chi connectivity index (χ4n) is 3.12. The molecule has 0 spiro atoms. The van der Waals surface area contributed by atoms with E-state index in [1.54, 1.807) is 7.11 Å². The van der Waals surface area contributed by atoms with Crippen LogP contribution in [0, 0.1) is 5.41 Å². The minimum atomic E-state index is 0.343. The van der Waals surface area contributed by atoms with Crippen molar-refractivity contribution in [3.8, 4) is 11.5 Å². The summed E-state index contributed by atoms with van der Waals surface area (Å²) in [5.41, 5.74) is 1.56. The zero-order chi connectivity index (χ0) is 14.7. The maximum absolute atomic E-state index is 5.75. The third kappa shape index (κ3) is 3.33. The molecule has 2 aliphatic rings. The van der Waals surface area contributed by atoms with E-state index in [0.29, 0.717) is 11.5 Å². The largest absolute Gasteiger partial charge is 0.497 e. The average Bonchev–Trinajstić information content (AvgIpc) is 2.53. The van der Waals surface area contributed by atoms with Crippen LogP contribution in [0.3, 0.4) is 0 Å². The summed E-state index contributed by atoms with van der Waals surface area (Å²) in [5.74, 6) is 1.88. The Balaban J connectivity index is 1.69. The van der Waals surface area contributed by atoms with E-state index in [1.165, 1.54) is 5.56 Å². The molecule has 1 N–H and O–H groups in total. The predicted octanol–water partition coefficient (Wildman–Crippen LogP) is 2.93. The Labute approximate surface area is 126 Å². The van der Waals surface area contributed by atoms with Crippen LogP contribution in [0.15, 0.2) is 18.2 Å². The molecule has 116 valence electrons. The van der Waals surface area contributed by atoms with E-state index in [9.17, 15) is 0 Å². The van der Waals surface area contributed by atoms with Gasteiger partial charge in [0.2, 0.25) is 0 Å². The molecule has 0 aromatic heterocycles. The SMILES string of the molecule is COc1ccc2c(c1)C(NCC1(C)CCOCC1)CCO2. The summed E-state index contributed by atoms with van der Waals surface area (Å²) in [6, 6.07) is 6.42. The topological polar surface area (TPSA) is 39.7 Å². The summed E-state index contributed by atoms with van der Waals surface area (Å²) in [7, 11) is 1.71. The monoisotopic (exact) mass is 291 g/mol. The highest BCUT2D eigenvalue weighted by molar-refractivity contribution is 5.43. The van der Waals surface area contributed by atoms with Crippen LogP contribution in [0.4, 0.5) is 0 Å². The molecule has 0 aliphatic carbocycles. The molecule has 1 aromatic rings. The van der Waals surface area contributed by atoms with Gasteiger partial charge in [-0.1, -0.05) is 6.92 Å². The van der Waals surface area contributed by atoms with Gasteiger partial charge in [-0.05, 0) is 36.5 Å². The molecule has 1 aromatic carbocycles. The van der Waals surface area contributed by atoms with Gasteiger partial charge in [0.05, 0.1) is 13.7 Å². The minimum Gasteiger partial charge on any atom is -0.497 e. The summed E-state index contributed by atoms with van der Waals surface area (Å²) in [4.78, 5) is 0. The van der Waals surface area contributed by atoms with Crippen molar-refractivity contribution in [2.45, 2.75) is 32.2 Å². The summed E-state index contributed by atoms with van der Waals surface area (Å²) < 4.78 is 16.6. The molecule has 0 radical (unpaired) electrons. The van der Waals surface area contributed by atoms with Gasteiger partial charge in [-0.3, -0.25) is 0 Å². The number of methoxy groups -OCH3 is 1. The Bertz CT molecular complexity index is 483. The Morgan fingerprint density at radius 1 is 1.29 bits per heavy atom. The highest BCUT2D eigenvalue weighted by Crippen LogP contribution is 2.36. The van der Waals surface area contributed by atoms with Crippen LogP contribution in [-0.2, 0) is 4.74 Å².